The topological polar surface area (TPSA) is 101 Å². The van der Waals surface area contributed by atoms with E-state index in [9.17, 15) is 4.79 Å². The van der Waals surface area contributed by atoms with E-state index in [1.165, 1.54) is 0 Å². The van der Waals surface area contributed by atoms with Gasteiger partial charge < -0.3 is 14.7 Å². The van der Waals surface area contributed by atoms with Crippen LogP contribution in [0.2, 0.25) is 0 Å². The molecular weight excluding hydrogens is 356 g/mol. The summed E-state index contributed by atoms with van der Waals surface area (Å²) < 4.78 is 7.17. The number of amides is 1. The van der Waals surface area contributed by atoms with Gasteiger partial charge in [-0.15, -0.1) is 0 Å². The van der Waals surface area contributed by atoms with Gasteiger partial charge in [-0.25, -0.2) is 15.0 Å². The summed E-state index contributed by atoms with van der Waals surface area (Å²) in [5.41, 5.74) is 4.83. The lowest BCUT2D eigenvalue weighted by Gasteiger charge is -2.05. The molecule has 8 heteroatoms. The molecule has 0 fully saturated rings. The lowest BCUT2D eigenvalue weighted by Crippen LogP contribution is -2.13. The fourth-order valence-electron chi connectivity index (χ4n) is 3.24. The van der Waals surface area contributed by atoms with Crippen LogP contribution < -0.4 is 5.32 Å². The minimum absolute atomic E-state index is 0.283. The highest BCUT2D eigenvalue weighted by molar-refractivity contribution is 6.07. The van der Waals surface area contributed by atoms with Gasteiger partial charge in [0.25, 0.3) is 5.91 Å². The average Bonchev–Trinajstić information content (AvgIpc) is 3.39. The molecule has 0 saturated carbocycles. The number of imidazole rings is 2. The van der Waals surface area contributed by atoms with Gasteiger partial charge >= 0.3 is 0 Å². The number of benzene rings is 1. The molecule has 1 aromatic carbocycles. The van der Waals surface area contributed by atoms with Crippen molar-refractivity contribution in [1.82, 2.24) is 24.3 Å². The first-order valence-electron chi connectivity index (χ1n) is 8.75. The number of carbonyl (C=O) groups excluding carboxylic acids is 1. The van der Waals surface area contributed by atoms with Crippen LogP contribution in [0.3, 0.4) is 0 Å². The lowest BCUT2D eigenvalue weighted by molar-refractivity contribution is 0.102. The van der Waals surface area contributed by atoms with Gasteiger partial charge in [0.15, 0.2) is 22.9 Å². The number of furan rings is 1. The first kappa shape index (κ1) is 16.2. The molecule has 4 aromatic heterocycles. The van der Waals surface area contributed by atoms with Crippen LogP contribution >= 0.6 is 0 Å². The lowest BCUT2D eigenvalue weighted by atomic mass is 10.2. The van der Waals surface area contributed by atoms with Gasteiger partial charge in [-0.05, 0) is 50.2 Å². The Kier molecular flexibility index (Phi) is 3.51. The molecule has 0 radical (unpaired) electrons. The normalized spacial score (nSPS) is 11.4. The van der Waals surface area contributed by atoms with Crippen molar-refractivity contribution in [3.05, 3.63) is 66.1 Å². The number of anilines is 1. The third kappa shape index (κ3) is 2.62. The molecule has 4 heterocycles. The van der Waals surface area contributed by atoms with E-state index in [-0.39, 0.29) is 11.6 Å². The summed E-state index contributed by atoms with van der Waals surface area (Å²) in [5.74, 6) is 0.975. The molecule has 0 spiro atoms. The summed E-state index contributed by atoms with van der Waals surface area (Å²) >= 11 is 0. The molecule has 28 heavy (non-hydrogen) atoms. The maximum Gasteiger partial charge on any atom is 0.278 e. The standard InChI is InChI=1S/C20H16N6O2/c1-11-8-12(2)26-10-21-17(19(26)22-11)20(27)23-13-5-6-14-15(9-13)25-18(24-14)16-4-3-7-28-16/h3-10H,1-2H3,(H,23,27)(H,24,25). The third-order valence-electron chi connectivity index (χ3n) is 4.53. The number of hydrogen-bond donors (Lipinski definition) is 2. The molecule has 0 bridgehead atoms. The Bertz CT molecular complexity index is 1330. The zero-order chi connectivity index (χ0) is 19.3. The number of nitrogens with one attached hydrogen (secondary N) is 2. The molecule has 0 aliphatic heterocycles. The molecule has 1 amide bonds. The molecule has 5 aromatic rings. The first-order valence-corrected chi connectivity index (χ1v) is 8.75. The summed E-state index contributed by atoms with van der Waals surface area (Å²) in [6, 6.07) is 11.1. The van der Waals surface area contributed by atoms with Crippen LogP contribution in [-0.2, 0) is 0 Å². The second-order valence-corrected chi connectivity index (χ2v) is 6.57. The van der Waals surface area contributed by atoms with Gasteiger partial charge in [0, 0.05) is 17.1 Å². The average molecular weight is 372 g/mol. The number of hydrogen-bond acceptors (Lipinski definition) is 5. The van der Waals surface area contributed by atoms with Crippen LogP contribution in [0.25, 0.3) is 28.3 Å². The molecule has 138 valence electrons. The Morgan fingerprint density at radius 3 is 2.89 bits per heavy atom. The van der Waals surface area contributed by atoms with E-state index in [4.69, 9.17) is 4.42 Å². The predicted molar refractivity (Wildman–Crippen MR) is 104 cm³/mol. The number of H-pyrrole nitrogens is 1. The SMILES string of the molecule is Cc1cc(C)n2cnc(C(=O)Nc3ccc4[nH]c(-c5ccco5)nc4c3)c2n1. The van der Waals surface area contributed by atoms with Crippen LogP contribution in [0.5, 0.6) is 0 Å². The molecule has 8 nitrogen and oxygen atoms in total. The van der Waals surface area contributed by atoms with Crippen molar-refractivity contribution < 1.29 is 9.21 Å². The summed E-state index contributed by atoms with van der Waals surface area (Å²) in [6.07, 6.45) is 3.21. The molecule has 0 aliphatic carbocycles. The zero-order valence-electron chi connectivity index (χ0n) is 15.2. The van der Waals surface area contributed by atoms with E-state index in [0.29, 0.717) is 22.9 Å². The van der Waals surface area contributed by atoms with E-state index >= 15 is 0 Å². The van der Waals surface area contributed by atoms with Crippen molar-refractivity contribution >= 4 is 28.3 Å². The van der Waals surface area contributed by atoms with Crippen molar-refractivity contribution in [2.45, 2.75) is 13.8 Å². The van der Waals surface area contributed by atoms with E-state index in [0.717, 1.165) is 22.4 Å². The second kappa shape index (κ2) is 6.05. The van der Waals surface area contributed by atoms with Gasteiger partial charge in [-0.1, -0.05) is 0 Å². The van der Waals surface area contributed by atoms with Crippen molar-refractivity contribution in [2.24, 2.45) is 0 Å². The zero-order valence-corrected chi connectivity index (χ0v) is 15.2. The largest absolute Gasteiger partial charge is 0.461 e. The number of aryl methyl sites for hydroxylation is 2. The Labute approximate surface area is 159 Å². The maximum absolute atomic E-state index is 12.8. The fourth-order valence-corrected chi connectivity index (χ4v) is 3.24. The number of carbonyl (C=O) groups is 1. The van der Waals surface area contributed by atoms with Crippen LogP contribution in [0.15, 0.2) is 53.4 Å². The number of aromatic nitrogens is 5. The van der Waals surface area contributed by atoms with E-state index in [2.05, 4.69) is 25.3 Å². The number of aromatic amines is 1. The van der Waals surface area contributed by atoms with Crippen molar-refractivity contribution in [3.63, 3.8) is 0 Å². The van der Waals surface area contributed by atoms with Crippen LogP contribution in [0.4, 0.5) is 5.69 Å². The Hall–Kier alpha value is -3.94. The predicted octanol–water partition coefficient (Wildman–Crippen LogP) is 3.73. The van der Waals surface area contributed by atoms with Gasteiger partial charge in [-0.2, -0.15) is 0 Å². The Morgan fingerprint density at radius 1 is 1.18 bits per heavy atom. The van der Waals surface area contributed by atoms with Crippen molar-refractivity contribution in [2.75, 3.05) is 5.32 Å². The van der Waals surface area contributed by atoms with Gasteiger partial charge in [0.2, 0.25) is 0 Å². The number of nitrogens with zero attached hydrogens (tertiary/aromatic N) is 4. The summed E-state index contributed by atoms with van der Waals surface area (Å²) in [6.45, 7) is 3.84. The molecule has 0 aliphatic rings. The van der Waals surface area contributed by atoms with Gasteiger partial charge in [-0.3, -0.25) is 9.20 Å². The molecule has 0 unspecified atom stereocenters. The van der Waals surface area contributed by atoms with Gasteiger partial charge in [0.05, 0.1) is 17.3 Å². The quantitative estimate of drug-likeness (QED) is 0.502. The van der Waals surface area contributed by atoms with Crippen LogP contribution in [0, 0.1) is 13.8 Å². The molecule has 0 atom stereocenters. The van der Waals surface area contributed by atoms with E-state index < -0.39 is 0 Å². The van der Waals surface area contributed by atoms with Crippen molar-refractivity contribution in [3.8, 4) is 11.6 Å². The highest BCUT2D eigenvalue weighted by Crippen LogP contribution is 2.23. The Morgan fingerprint density at radius 2 is 2.07 bits per heavy atom. The van der Waals surface area contributed by atoms with Gasteiger partial charge in [0.1, 0.15) is 6.33 Å². The maximum atomic E-state index is 12.8. The number of rotatable bonds is 3. The highest BCUT2D eigenvalue weighted by Gasteiger charge is 2.17. The molecule has 5 rings (SSSR count). The number of fused-ring (bicyclic) bond motifs is 2. The minimum atomic E-state index is -0.318. The Balaban J connectivity index is 1.47. The van der Waals surface area contributed by atoms with Crippen LogP contribution in [0.1, 0.15) is 21.9 Å². The third-order valence-corrected chi connectivity index (χ3v) is 4.53. The summed E-state index contributed by atoms with van der Waals surface area (Å²) in [4.78, 5) is 29.2. The molecule has 2 N–H and O–H groups in total. The molecule has 0 saturated heterocycles. The van der Waals surface area contributed by atoms with Crippen molar-refractivity contribution in [1.29, 1.82) is 0 Å². The summed E-state index contributed by atoms with van der Waals surface area (Å²) in [7, 11) is 0. The van der Waals surface area contributed by atoms with Crippen LogP contribution in [-0.4, -0.2) is 30.2 Å². The summed E-state index contributed by atoms with van der Waals surface area (Å²) in [5, 5.41) is 2.88. The van der Waals surface area contributed by atoms with E-state index in [1.54, 1.807) is 29.1 Å². The minimum Gasteiger partial charge on any atom is -0.461 e. The first-order chi connectivity index (χ1) is 13.6. The molecular formula is C20H16N6O2. The fraction of sp³-hybridized carbons (Fsp3) is 0.100. The second-order valence-electron chi connectivity index (χ2n) is 6.57. The smallest absolute Gasteiger partial charge is 0.278 e. The monoisotopic (exact) mass is 372 g/mol. The van der Waals surface area contributed by atoms with E-state index in [1.807, 2.05) is 38.1 Å². The highest BCUT2D eigenvalue weighted by atomic mass is 16.3.